The number of nitrogens with zero attached hydrogens (tertiary/aromatic N) is 1. The Bertz CT molecular complexity index is 371. The molecule has 0 saturated heterocycles. The largest absolute Gasteiger partial charge is 0.381 e. The molecule has 5 heteroatoms. The van der Waals surface area contributed by atoms with Gasteiger partial charge >= 0.3 is 0 Å². The van der Waals surface area contributed by atoms with Gasteiger partial charge in [0.15, 0.2) is 0 Å². The number of aromatic nitrogens is 1. The van der Waals surface area contributed by atoms with Gasteiger partial charge in [0, 0.05) is 19.3 Å². The van der Waals surface area contributed by atoms with E-state index in [0.717, 1.165) is 18.7 Å². The second kappa shape index (κ2) is 4.49. The van der Waals surface area contributed by atoms with Gasteiger partial charge in [0.25, 0.3) is 0 Å². The number of primary amides is 1. The highest BCUT2D eigenvalue weighted by Gasteiger charge is 2.28. The third-order valence-corrected chi connectivity index (χ3v) is 2.83. The molecule has 1 fully saturated rings. The van der Waals surface area contributed by atoms with E-state index in [1.165, 1.54) is 6.20 Å². The number of hydrogen-bond acceptors (Lipinski definition) is 4. The van der Waals surface area contributed by atoms with Crippen LogP contribution in [0.5, 0.6) is 0 Å². The first-order valence-electron chi connectivity index (χ1n) is 5.24. The smallest absolute Gasteiger partial charge is 0.250 e. The predicted octanol–water partition coefficient (Wildman–Crippen LogP) is 0.770. The maximum atomic E-state index is 10.8. The van der Waals surface area contributed by atoms with Crippen LogP contribution in [-0.2, 0) is 4.74 Å². The fraction of sp³-hybridized carbons (Fsp3) is 0.455. The third-order valence-electron chi connectivity index (χ3n) is 2.83. The van der Waals surface area contributed by atoms with Crippen LogP contribution in [0.4, 0.5) is 5.82 Å². The van der Waals surface area contributed by atoms with Gasteiger partial charge in [0.1, 0.15) is 5.82 Å². The molecule has 0 aliphatic heterocycles. The van der Waals surface area contributed by atoms with Crippen LogP contribution in [0.25, 0.3) is 0 Å². The minimum absolute atomic E-state index is 0.363. The van der Waals surface area contributed by atoms with Gasteiger partial charge in [-0.15, -0.1) is 0 Å². The lowest BCUT2D eigenvalue weighted by molar-refractivity contribution is 0.0328. The van der Waals surface area contributed by atoms with E-state index in [9.17, 15) is 4.79 Å². The number of rotatable bonds is 4. The summed E-state index contributed by atoms with van der Waals surface area (Å²) >= 11 is 0. The van der Waals surface area contributed by atoms with Crippen LogP contribution in [0.15, 0.2) is 18.3 Å². The van der Waals surface area contributed by atoms with Gasteiger partial charge in [0.2, 0.25) is 5.91 Å². The Kier molecular flexibility index (Phi) is 3.05. The zero-order valence-corrected chi connectivity index (χ0v) is 9.14. The lowest BCUT2D eigenvalue weighted by Gasteiger charge is -2.34. The first kappa shape index (κ1) is 10.9. The number of hydrogen-bond donors (Lipinski definition) is 2. The minimum atomic E-state index is -0.456. The lowest BCUT2D eigenvalue weighted by Crippen LogP contribution is -2.40. The molecule has 0 aromatic carbocycles. The van der Waals surface area contributed by atoms with Crippen molar-refractivity contribution >= 4 is 11.7 Å². The summed E-state index contributed by atoms with van der Waals surface area (Å²) in [5.41, 5.74) is 5.55. The van der Waals surface area contributed by atoms with Crippen LogP contribution in [-0.4, -0.2) is 30.1 Å². The Labute approximate surface area is 94.0 Å². The summed E-state index contributed by atoms with van der Waals surface area (Å²) in [4.78, 5) is 14.9. The van der Waals surface area contributed by atoms with Gasteiger partial charge in [-0.3, -0.25) is 4.79 Å². The average Bonchev–Trinajstić information content (AvgIpc) is 2.23. The van der Waals surface area contributed by atoms with Crippen molar-refractivity contribution in [1.82, 2.24) is 4.98 Å². The fourth-order valence-corrected chi connectivity index (χ4v) is 1.71. The first-order chi connectivity index (χ1) is 7.69. The van der Waals surface area contributed by atoms with E-state index in [-0.39, 0.29) is 0 Å². The van der Waals surface area contributed by atoms with E-state index in [0.29, 0.717) is 17.7 Å². The highest BCUT2D eigenvalue weighted by molar-refractivity contribution is 5.92. The molecule has 1 aromatic rings. The number of amides is 1. The predicted molar refractivity (Wildman–Crippen MR) is 60.2 cm³/mol. The van der Waals surface area contributed by atoms with Crippen LogP contribution in [0.2, 0.25) is 0 Å². The summed E-state index contributed by atoms with van der Waals surface area (Å²) in [6.45, 7) is 0. The van der Waals surface area contributed by atoms with Crippen LogP contribution in [0.3, 0.4) is 0 Å². The number of anilines is 1. The third kappa shape index (κ3) is 2.30. The topological polar surface area (TPSA) is 77.2 Å². The van der Waals surface area contributed by atoms with Crippen LogP contribution in [0.1, 0.15) is 23.2 Å². The molecule has 1 aliphatic carbocycles. The van der Waals surface area contributed by atoms with Crippen molar-refractivity contribution in [2.45, 2.75) is 25.0 Å². The number of methoxy groups -OCH3 is 1. The van der Waals surface area contributed by atoms with Crippen LogP contribution >= 0.6 is 0 Å². The molecular weight excluding hydrogens is 206 g/mol. The fourth-order valence-electron chi connectivity index (χ4n) is 1.71. The monoisotopic (exact) mass is 221 g/mol. The van der Waals surface area contributed by atoms with Gasteiger partial charge in [-0.05, 0) is 25.0 Å². The second-order valence-corrected chi connectivity index (χ2v) is 3.97. The normalized spacial score (nSPS) is 23.6. The Hall–Kier alpha value is -1.62. The summed E-state index contributed by atoms with van der Waals surface area (Å²) < 4.78 is 5.18. The highest BCUT2D eigenvalue weighted by atomic mass is 16.5. The van der Waals surface area contributed by atoms with Crippen molar-refractivity contribution in [3.8, 4) is 0 Å². The van der Waals surface area contributed by atoms with E-state index >= 15 is 0 Å². The molecule has 2 rings (SSSR count). The van der Waals surface area contributed by atoms with Gasteiger partial charge < -0.3 is 15.8 Å². The zero-order chi connectivity index (χ0) is 11.5. The van der Waals surface area contributed by atoms with E-state index in [2.05, 4.69) is 10.3 Å². The molecule has 86 valence electrons. The molecule has 5 nitrogen and oxygen atoms in total. The highest BCUT2D eigenvalue weighted by Crippen LogP contribution is 2.25. The Morgan fingerprint density at radius 3 is 2.81 bits per heavy atom. The van der Waals surface area contributed by atoms with Crippen molar-refractivity contribution in [3.05, 3.63) is 23.9 Å². The maximum Gasteiger partial charge on any atom is 0.250 e. The van der Waals surface area contributed by atoms with Crippen molar-refractivity contribution < 1.29 is 9.53 Å². The molecule has 0 unspecified atom stereocenters. The number of pyridine rings is 1. The standard InChI is InChI=1S/C11H15N3O2/c1-16-9-4-8(5-9)14-10-3-2-7(6-13-10)11(12)15/h2-3,6,8-9H,4-5H2,1H3,(H2,12,15)(H,13,14). The molecule has 1 saturated carbocycles. The van der Waals surface area contributed by atoms with Crippen molar-refractivity contribution in [2.24, 2.45) is 5.73 Å². The van der Waals surface area contributed by atoms with Crippen LogP contribution in [0, 0.1) is 0 Å². The van der Waals surface area contributed by atoms with Crippen molar-refractivity contribution in [3.63, 3.8) is 0 Å². The summed E-state index contributed by atoms with van der Waals surface area (Å²) in [5.74, 6) is 0.312. The molecule has 0 bridgehead atoms. The molecule has 1 amide bonds. The van der Waals surface area contributed by atoms with Gasteiger partial charge in [-0.1, -0.05) is 0 Å². The molecule has 1 heterocycles. The Balaban J connectivity index is 1.89. The average molecular weight is 221 g/mol. The molecule has 0 atom stereocenters. The van der Waals surface area contributed by atoms with E-state index in [4.69, 9.17) is 10.5 Å². The summed E-state index contributed by atoms with van der Waals surface area (Å²) in [5, 5.41) is 3.27. The van der Waals surface area contributed by atoms with E-state index < -0.39 is 5.91 Å². The van der Waals surface area contributed by atoms with E-state index in [1.54, 1.807) is 19.2 Å². The molecule has 1 aromatic heterocycles. The lowest BCUT2D eigenvalue weighted by atomic mass is 9.89. The zero-order valence-electron chi connectivity index (χ0n) is 9.14. The number of nitrogens with one attached hydrogen (secondary N) is 1. The molecule has 16 heavy (non-hydrogen) atoms. The maximum absolute atomic E-state index is 10.8. The summed E-state index contributed by atoms with van der Waals surface area (Å²) in [6.07, 6.45) is 3.84. The van der Waals surface area contributed by atoms with Crippen molar-refractivity contribution in [2.75, 3.05) is 12.4 Å². The number of nitrogens with two attached hydrogens (primary N) is 1. The molecule has 0 radical (unpaired) electrons. The quantitative estimate of drug-likeness (QED) is 0.787. The second-order valence-electron chi connectivity index (χ2n) is 3.97. The first-order valence-corrected chi connectivity index (χ1v) is 5.24. The van der Waals surface area contributed by atoms with Gasteiger partial charge in [-0.25, -0.2) is 4.98 Å². The van der Waals surface area contributed by atoms with Crippen LogP contribution < -0.4 is 11.1 Å². The molecular formula is C11H15N3O2. The SMILES string of the molecule is COC1CC(Nc2ccc(C(N)=O)cn2)C1. The molecule has 1 aliphatic rings. The number of ether oxygens (including phenoxy) is 1. The number of carbonyl (C=O) groups excluding carboxylic acids is 1. The van der Waals surface area contributed by atoms with E-state index in [1.807, 2.05) is 0 Å². The molecule has 3 N–H and O–H groups in total. The summed E-state index contributed by atoms with van der Waals surface area (Å²) in [7, 11) is 1.72. The number of carbonyl (C=O) groups is 1. The molecule has 0 spiro atoms. The summed E-state index contributed by atoms with van der Waals surface area (Å²) in [6, 6.07) is 3.85. The Morgan fingerprint density at radius 2 is 2.31 bits per heavy atom. The van der Waals surface area contributed by atoms with Crippen molar-refractivity contribution in [1.29, 1.82) is 0 Å². The Morgan fingerprint density at radius 1 is 1.56 bits per heavy atom. The minimum Gasteiger partial charge on any atom is -0.381 e. The van der Waals surface area contributed by atoms with Gasteiger partial charge in [-0.2, -0.15) is 0 Å². The van der Waals surface area contributed by atoms with Gasteiger partial charge in [0.05, 0.1) is 11.7 Å².